The number of nitrogens with zero attached hydrogens (tertiary/aromatic N) is 1. The monoisotopic (exact) mass is 486 g/mol. The lowest BCUT2D eigenvalue weighted by Crippen LogP contribution is -2.49. The average Bonchev–Trinajstić information content (AvgIpc) is 2.87. The number of piperidine rings is 1. The van der Waals surface area contributed by atoms with Gasteiger partial charge in [0.15, 0.2) is 0 Å². The topological polar surface area (TPSA) is 96.0 Å². The number of likely N-dealkylation sites (tertiary alicyclic amines) is 1. The lowest BCUT2D eigenvalue weighted by atomic mass is 9.74. The fourth-order valence-corrected chi connectivity index (χ4v) is 5.06. The number of benzene rings is 2. The van der Waals surface area contributed by atoms with Crippen LogP contribution < -0.4 is 5.73 Å². The summed E-state index contributed by atoms with van der Waals surface area (Å²) in [7, 11) is 1.64. The highest BCUT2D eigenvalue weighted by Gasteiger charge is 2.41. The number of aliphatic hydroxyl groups excluding tert-OH is 1. The molecule has 0 bridgehead atoms. The van der Waals surface area contributed by atoms with E-state index in [9.17, 15) is 19.4 Å². The van der Waals surface area contributed by atoms with Gasteiger partial charge < -0.3 is 25.6 Å². The molecule has 7 heteroatoms. The van der Waals surface area contributed by atoms with Gasteiger partial charge in [-0.25, -0.2) is 4.39 Å². The number of hydrogen-bond donors (Lipinski definition) is 3. The molecule has 1 aliphatic rings. The van der Waals surface area contributed by atoms with Crippen LogP contribution in [0.5, 0.6) is 0 Å². The van der Waals surface area contributed by atoms with Crippen LogP contribution in [-0.4, -0.2) is 60.0 Å². The molecule has 6 nitrogen and oxygen atoms in total. The number of ether oxygens (including phenoxy) is 1. The molecule has 2 aromatic carbocycles. The van der Waals surface area contributed by atoms with Gasteiger partial charge in [-0.3, -0.25) is 4.79 Å². The maximum absolute atomic E-state index is 14.1. The average molecular weight is 487 g/mol. The molecule has 1 heterocycles. The van der Waals surface area contributed by atoms with Crippen molar-refractivity contribution in [2.45, 2.75) is 62.7 Å². The molecule has 192 valence electrons. The Morgan fingerprint density at radius 2 is 2.00 bits per heavy atom. The van der Waals surface area contributed by atoms with Crippen LogP contribution in [-0.2, 0) is 21.6 Å². The van der Waals surface area contributed by atoms with Crippen molar-refractivity contribution in [3.8, 4) is 0 Å². The minimum Gasteiger partial charge on any atom is -0.391 e. The molecule has 35 heavy (non-hydrogen) atoms. The number of aliphatic hydroxyl groups is 2. The number of methoxy groups -OCH3 is 1. The molecule has 1 aliphatic heterocycles. The SMILES string of the molecule is COCCCC[C@@](O)(c1cccc(F)c1)C1CCCN(C(=O)C[C@H](O)[C@@H](N)Cc2ccccc2)C1. The van der Waals surface area contributed by atoms with Gasteiger partial charge in [-0.2, -0.15) is 0 Å². The molecule has 0 radical (unpaired) electrons. The maximum atomic E-state index is 14.1. The predicted molar refractivity (Wildman–Crippen MR) is 134 cm³/mol. The largest absolute Gasteiger partial charge is 0.391 e. The Morgan fingerprint density at radius 3 is 2.71 bits per heavy atom. The molecule has 3 rings (SSSR count). The van der Waals surface area contributed by atoms with Crippen molar-refractivity contribution >= 4 is 5.91 Å². The summed E-state index contributed by atoms with van der Waals surface area (Å²) in [6.45, 7) is 1.52. The van der Waals surface area contributed by atoms with Crippen LogP contribution >= 0.6 is 0 Å². The fourth-order valence-electron chi connectivity index (χ4n) is 5.06. The van der Waals surface area contributed by atoms with Gasteiger partial charge in [0.2, 0.25) is 5.91 Å². The van der Waals surface area contributed by atoms with Gasteiger partial charge in [-0.05, 0) is 61.8 Å². The zero-order valence-electron chi connectivity index (χ0n) is 20.6. The van der Waals surface area contributed by atoms with E-state index in [0.717, 1.165) is 31.2 Å². The van der Waals surface area contributed by atoms with Gasteiger partial charge in [0.05, 0.1) is 18.1 Å². The number of rotatable bonds is 12. The Bertz CT molecular complexity index is 928. The third-order valence-electron chi connectivity index (χ3n) is 7.12. The number of carbonyl (C=O) groups is 1. The van der Waals surface area contributed by atoms with E-state index in [1.165, 1.54) is 12.1 Å². The summed E-state index contributed by atoms with van der Waals surface area (Å²) in [5, 5.41) is 22.5. The highest BCUT2D eigenvalue weighted by molar-refractivity contribution is 5.77. The number of carbonyl (C=O) groups excluding carboxylic acids is 1. The van der Waals surface area contributed by atoms with Crippen LogP contribution in [0.3, 0.4) is 0 Å². The third kappa shape index (κ3) is 7.58. The molecule has 0 aromatic heterocycles. The van der Waals surface area contributed by atoms with Gasteiger partial charge in [-0.1, -0.05) is 42.5 Å². The Hall–Kier alpha value is -2.32. The molecule has 0 aliphatic carbocycles. The summed E-state index contributed by atoms with van der Waals surface area (Å²) in [6.07, 6.45) is 2.89. The summed E-state index contributed by atoms with van der Waals surface area (Å²) in [5.41, 5.74) is 6.49. The minimum absolute atomic E-state index is 0.0625. The van der Waals surface area contributed by atoms with E-state index in [2.05, 4.69) is 0 Å². The highest BCUT2D eigenvalue weighted by Crippen LogP contribution is 2.40. The normalized spacial score (nSPS) is 19.7. The Balaban J connectivity index is 1.66. The van der Waals surface area contributed by atoms with E-state index < -0.39 is 23.6 Å². The summed E-state index contributed by atoms with van der Waals surface area (Å²) in [5.74, 6) is -0.802. The quantitative estimate of drug-likeness (QED) is 0.400. The molecule has 4 atom stereocenters. The first-order valence-corrected chi connectivity index (χ1v) is 12.6. The van der Waals surface area contributed by atoms with Gasteiger partial charge in [0.25, 0.3) is 0 Å². The van der Waals surface area contributed by atoms with Crippen LogP contribution in [0.1, 0.15) is 49.7 Å². The number of unbranched alkanes of at least 4 members (excludes halogenated alkanes) is 1. The summed E-state index contributed by atoms with van der Waals surface area (Å²) >= 11 is 0. The lowest BCUT2D eigenvalue weighted by Gasteiger charge is -2.43. The maximum Gasteiger partial charge on any atom is 0.225 e. The van der Waals surface area contributed by atoms with Gasteiger partial charge in [0, 0.05) is 38.8 Å². The third-order valence-corrected chi connectivity index (χ3v) is 7.12. The first-order valence-electron chi connectivity index (χ1n) is 12.6. The van der Waals surface area contributed by atoms with Crippen LogP contribution in [0, 0.1) is 11.7 Å². The second-order valence-electron chi connectivity index (χ2n) is 9.69. The Kier molecular flexibility index (Phi) is 10.2. The van der Waals surface area contributed by atoms with E-state index in [1.54, 1.807) is 24.1 Å². The van der Waals surface area contributed by atoms with Gasteiger partial charge in [-0.15, -0.1) is 0 Å². The minimum atomic E-state index is -1.25. The van der Waals surface area contributed by atoms with E-state index in [-0.39, 0.29) is 18.2 Å². The zero-order valence-corrected chi connectivity index (χ0v) is 20.6. The van der Waals surface area contributed by atoms with Gasteiger partial charge >= 0.3 is 0 Å². The highest BCUT2D eigenvalue weighted by atomic mass is 19.1. The first kappa shape index (κ1) is 27.3. The molecule has 1 fully saturated rings. The van der Waals surface area contributed by atoms with E-state index in [1.807, 2.05) is 30.3 Å². The smallest absolute Gasteiger partial charge is 0.225 e. The van der Waals surface area contributed by atoms with Crippen molar-refractivity contribution in [1.82, 2.24) is 4.90 Å². The Morgan fingerprint density at radius 1 is 1.23 bits per heavy atom. The van der Waals surface area contributed by atoms with Crippen molar-refractivity contribution in [2.24, 2.45) is 11.7 Å². The number of amides is 1. The van der Waals surface area contributed by atoms with Crippen molar-refractivity contribution in [1.29, 1.82) is 0 Å². The molecular weight excluding hydrogens is 447 g/mol. The second kappa shape index (κ2) is 13.1. The second-order valence-corrected chi connectivity index (χ2v) is 9.69. The van der Waals surface area contributed by atoms with Crippen LogP contribution in [0.4, 0.5) is 4.39 Å². The van der Waals surface area contributed by atoms with Crippen molar-refractivity contribution in [2.75, 3.05) is 26.8 Å². The van der Waals surface area contributed by atoms with Crippen LogP contribution in [0.15, 0.2) is 54.6 Å². The molecule has 1 saturated heterocycles. The van der Waals surface area contributed by atoms with E-state index in [0.29, 0.717) is 38.1 Å². The van der Waals surface area contributed by atoms with Crippen LogP contribution in [0.2, 0.25) is 0 Å². The number of halogens is 1. The summed E-state index contributed by atoms with van der Waals surface area (Å²) < 4.78 is 19.2. The van der Waals surface area contributed by atoms with E-state index in [4.69, 9.17) is 10.5 Å². The predicted octanol–water partition coefficient (Wildman–Crippen LogP) is 3.39. The molecule has 0 spiro atoms. The number of nitrogens with two attached hydrogens (primary N) is 1. The summed E-state index contributed by atoms with van der Waals surface area (Å²) in [6, 6.07) is 15.2. The molecular formula is C28H39FN2O4. The van der Waals surface area contributed by atoms with Crippen molar-refractivity contribution < 1.29 is 24.1 Å². The standard InChI is InChI=1S/C28H39FN2O4/c1-35-16-6-5-14-28(34,22-11-7-13-24(29)18-22)23-12-8-15-31(20-23)27(33)19-26(32)25(30)17-21-9-3-2-4-10-21/h2-4,7,9-11,13,18,23,25-26,32,34H,5-6,8,12,14-17,19-20,30H2,1H3/t23?,25-,26-,28+/m0/s1. The fraction of sp³-hybridized carbons (Fsp3) is 0.536. The van der Waals surface area contributed by atoms with Crippen molar-refractivity contribution in [3.63, 3.8) is 0 Å². The molecule has 1 unspecified atom stereocenters. The van der Waals surface area contributed by atoms with Gasteiger partial charge in [0.1, 0.15) is 5.82 Å². The Labute approximate surface area is 207 Å². The number of hydrogen-bond acceptors (Lipinski definition) is 5. The summed E-state index contributed by atoms with van der Waals surface area (Å²) in [4.78, 5) is 14.8. The first-order chi connectivity index (χ1) is 16.8. The molecule has 1 amide bonds. The zero-order chi connectivity index (χ0) is 25.3. The molecule has 0 saturated carbocycles. The van der Waals surface area contributed by atoms with E-state index >= 15 is 0 Å². The molecule has 4 N–H and O–H groups in total. The van der Waals surface area contributed by atoms with Crippen LogP contribution in [0.25, 0.3) is 0 Å². The lowest BCUT2D eigenvalue weighted by molar-refractivity contribution is -0.139. The van der Waals surface area contributed by atoms with Crippen molar-refractivity contribution in [3.05, 3.63) is 71.5 Å². The molecule has 2 aromatic rings.